The Labute approximate surface area is 238 Å². The fourth-order valence-corrected chi connectivity index (χ4v) is 6.67. The molecule has 0 aliphatic carbocycles. The maximum absolute atomic E-state index is 13.4. The number of furan rings is 1. The van der Waals surface area contributed by atoms with Crippen LogP contribution in [0.5, 0.6) is 0 Å². The Hall–Kier alpha value is -4.05. The number of aromatic nitrogens is 2. The molecule has 2 fully saturated rings. The van der Waals surface area contributed by atoms with Gasteiger partial charge in [-0.3, -0.25) is 24.4 Å². The number of pyridine rings is 2. The van der Waals surface area contributed by atoms with Crippen molar-refractivity contribution in [2.75, 3.05) is 24.5 Å². The van der Waals surface area contributed by atoms with Gasteiger partial charge in [-0.25, -0.2) is 18.2 Å². The molecule has 5 heterocycles. The van der Waals surface area contributed by atoms with Gasteiger partial charge in [-0.1, -0.05) is 0 Å². The number of imide groups is 1. The van der Waals surface area contributed by atoms with Crippen molar-refractivity contribution in [1.82, 2.24) is 24.5 Å². The van der Waals surface area contributed by atoms with Crippen molar-refractivity contribution < 1.29 is 40.4 Å². The van der Waals surface area contributed by atoms with E-state index in [-0.39, 0.29) is 37.0 Å². The van der Waals surface area contributed by atoms with Crippen LogP contribution in [-0.2, 0) is 25.8 Å². The van der Waals surface area contributed by atoms with Crippen LogP contribution in [0.25, 0.3) is 11.0 Å². The molecule has 2 saturated heterocycles. The zero-order chi connectivity index (χ0) is 30.4. The van der Waals surface area contributed by atoms with Gasteiger partial charge < -0.3 is 9.73 Å². The SMILES string of the molecule is CC(C)N1C(=O)C(CNC(=O)[C@@H]2CCCN2S(=O)(=O)c2cc3cnccc3o2)CN(c2ccc(C(F)(F)F)cn2)C1=O. The summed E-state index contributed by atoms with van der Waals surface area (Å²) in [6, 6.07) is 2.30. The fraction of sp³-hybridized carbons (Fsp3) is 0.423. The maximum Gasteiger partial charge on any atom is 0.417 e. The van der Waals surface area contributed by atoms with E-state index in [1.807, 2.05) is 0 Å². The summed E-state index contributed by atoms with van der Waals surface area (Å²) >= 11 is 0. The number of amides is 4. The lowest BCUT2D eigenvalue weighted by atomic mass is 10.0. The van der Waals surface area contributed by atoms with Crippen LogP contribution in [0.3, 0.4) is 0 Å². The summed E-state index contributed by atoms with van der Waals surface area (Å²) in [7, 11) is -4.17. The molecule has 0 bridgehead atoms. The van der Waals surface area contributed by atoms with Gasteiger partial charge in [0.1, 0.15) is 17.4 Å². The van der Waals surface area contributed by atoms with E-state index in [1.165, 1.54) is 24.5 Å². The van der Waals surface area contributed by atoms with Gasteiger partial charge in [0, 0.05) is 55.7 Å². The number of rotatable bonds is 7. The number of carbonyl (C=O) groups excluding carboxylic acids is 3. The molecule has 224 valence electrons. The van der Waals surface area contributed by atoms with Gasteiger partial charge in [0.05, 0.1) is 11.5 Å². The highest BCUT2D eigenvalue weighted by atomic mass is 32.2. The average Bonchev–Trinajstić information content (AvgIpc) is 3.61. The summed E-state index contributed by atoms with van der Waals surface area (Å²) in [5.74, 6) is -2.26. The number of urea groups is 1. The number of alkyl halides is 3. The number of nitrogens with one attached hydrogen (secondary N) is 1. The van der Waals surface area contributed by atoms with Crippen molar-refractivity contribution >= 4 is 44.7 Å². The molecule has 2 atom stereocenters. The molecule has 1 N–H and O–H groups in total. The predicted molar refractivity (Wildman–Crippen MR) is 141 cm³/mol. The van der Waals surface area contributed by atoms with Gasteiger partial charge in [-0.05, 0) is 44.9 Å². The zero-order valence-electron chi connectivity index (χ0n) is 22.5. The van der Waals surface area contributed by atoms with Crippen molar-refractivity contribution in [2.45, 2.75) is 50.0 Å². The number of anilines is 1. The minimum atomic E-state index is -4.62. The van der Waals surface area contributed by atoms with Crippen LogP contribution >= 0.6 is 0 Å². The zero-order valence-corrected chi connectivity index (χ0v) is 23.4. The number of hydrogen-bond acceptors (Lipinski definition) is 8. The highest BCUT2D eigenvalue weighted by Gasteiger charge is 2.44. The molecule has 3 aromatic rings. The first-order valence-electron chi connectivity index (χ1n) is 13.1. The van der Waals surface area contributed by atoms with Gasteiger partial charge in [0.15, 0.2) is 0 Å². The highest BCUT2D eigenvalue weighted by Crippen LogP contribution is 2.32. The number of halogens is 3. The van der Waals surface area contributed by atoms with Crippen LogP contribution in [0.15, 0.2) is 52.4 Å². The molecular formula is C26H27F3N6O6S. The van der Waals surface area contributed by atoms with Gasteiger partial charge in [0.25, 0.3) is 10.0 Å². The Morgan fingerprint density at radius 2 is 1.95 bits per heavy atom. The van der Waals surface area contributed by atoms with E-state index in [4.69, 9.17) is 4.42 Å². The Morgan fingerprint density at radius 3 is 2.60 bits per heavy atom. The lowest BCUT2D eigenvalue weighted by Crippen LogP contribution is -2.61. The topological polar surface area (TPSA) is 146 Å². The lowest BCUT2D eigenvalue weighted by molar-refractivity contribution is -0.138. The van der Waals surface area contributed by atoms with E-state index < -0.39 is 57.6 Å². The average molecular weight is 609 g/mol. The second-order valence-electron chi connectivity index (χ2n) is 10.3. The molecule has 3 aromatic heterocycles. The van der Waals surface area contributed by atoms with Crippen molar-refractivity contribution in [3.63, 3.8) is 0 Å². The first-order chi connectivity index (χ1) is 19.8. The molecule has 0 spiro atoms. The van der Waals surface area contributed by atoms with Crippen LogP contribution in [-0.4, -0.2) is 77.2 Å². The molecule has 16 heteroatoms. The molecule has 0 aromatic carbocycles. The van der Waals surface area contributed by atoms with Gasteiger partial charge in [-0.2, -0.15) is 17.5 Å². The summed E-state index contributed by atoms with van der Waals surface area (Å²) in [6.45, 7) is 2.79. The van der Waals surface area contributed by atoms with E-state index in [9.17, 15) is 36.0 Å². The number of carbonyl (C=O) groups is 3. The van der Waals surface area contributed by atoms with E-state index in [0.29, 0.717) is 23.6 Å². The van der Waals surface area contributed by atoms with Gasteiger partial charge in [-0.15, -0.1) is 0 Å². The monoisotopic (exact) mass is 608 g/mol. The van der Waals surface area contributed by atoms with E-state index in [0.717, 1.165) is 26.2 Å². The fourth-order valence-electron chi connectivity index (χ4n) is 5.06. The Bertz CT molecular complexity index is 1590. The summed E-state index contributed by atoms with van der Waals surface area (Å²) in [5, 5.41) is 2.81. The molecule has 2 aliphatic heterocycles. The maximum atomic E-state index is 13.4. The molecule has 1 unspecified atom stereocenters. The van der Waals surface area contributed by atoms with Gasteiger partial charge in [0.2, 0.25) is 16.9 Å². The Balaban J connectivity index is 1.32. The summed E-state index contributed by atoms with van der Waals surface area (Å²) in [4.78, 5) is 49.3. The summed E-state index contributed by atoms with van der Waals surface area (Å²) < 4.78 is 72.3. The van der Waals surface area contributed by atoms with Crippen molar-refractivity contribution in [1.29, 1.82) is 0 Å². The van der Waals surface area contributed by atoms with Crippen molar-refractivity contribution in [3.8, 4) is 0 Å². The second kappa shape index (κ2) is 11.0. The molecule has 0 saturated carbocycles. The molecule has 5 rings (SSSR count). The first-order valence-corrected chi connectivity index (χ1v) is 14.5. The van der Waals surface area contributed by atoms with Crippen LogP contribution in [0.4, 0.5) is 23.8 Å². The standard InChI is InChI=1S/C26H27F3N6O6S/c1-15(2)35-24(37)17(14-33(25(35)38)21-6-5-18(13-31-21)26(27,28)29)12-32-23(36)19-4-3-9-34(19)42(39,40)22-10-16-11-30-8-7-20(16)41-22/h5-8,10-11,13,15,17,19H,3-4,9,12,14H2,1-2H3,(H,32,36)/t17?,19-/m0/s1. The van der Waals surface area contributed by atoms with E-state index in [1.54, 1.807) is 13.8 Å². The third-order valence-electron chi connectivity index (χ3n) is 7.18. The van der Waals surface area contributed by atoms with Crippen LogP contribution < -0.4 is 10.2 Å². The summed E-state index contributed by atoms with van der Waals surface area (Å²) in [6.07, 6.45) is -0.434. The minimum absolute atomic E-state index is 0.0844. The smallest absolute Gasteiger partial charge is 0.417 e. The second-order valence-corrected chi connectivity index (χ2v) is 12.1. The van der Waals surface area contributed by atoms with Gasteiger partial charge >= 0.3 is 12.2 Å². The van der Waals surface area contributed by atoms with Crippen LogP contribution in [0.2, 0.25) is 0 Å². The Kier molecular flexibility index (Phi) is 7.70. The highest BCUT2D eigenvalue weighted by molar-refractivity contribution is 7.89. The van der Waals surface area contributed by atoms with Crippen molar-refractivity contribution in [2.24, 2.45) is 5.92 Å². The Morgan fingerprint density at radius 1 is 1.19 bits per heavy atom. The van der Waals surface area contributed by atoms with Crippen LogP contribution in [0, 0.1) is 5.92 Å². The molecule has 0 radical (unpaired) electrons. The minimum Gasteiger partial charge on any atom is -0.443 e. The first kappa shape index (κ1) is 29.4. The van der Waals surface area contributed by atoms with E-state index in [2.05, 4.69) is 15.3 Å². The quantitative estimate of drug-likeness (QED) is 0.431. The van der Waals surface area contributed by atoms with Crippen molar-refractivity contribution in [3.05, 3.63) is 48.4 Å². The third kappa shape index (κ3) is 5.43. The lowest BCUT2D eigenvalue weighted by Gasteiger charge is -2.40. The van der Waals surface area contributed by atoms with Crippen LogP contribution in [0.1, 0.15) is 32.3 Å². The third-order valence-corrected chi connectivity index (χ3v) is 8.94. The number of nitrogens with zero attached hydrogens (tertiary/aromatic N) is 5. The van der Waals surface area contributed by atoms with E-state index >= 15 is 0 Å². The molecule has 2 aliphatic rings. The normalized spacial score (nSPS) is 20.6. The molecule has 4 amide bonds. The summed E-state index contributed by atoms with van der Waals surface area (Å²) in [5.41, 5.74) is -0.664. The number of fused-ring (bicyclic) bond motifs is 1. The largest absolute Gasteiger partial charge is 0.443 e. The predicted octanol–water partition coefficient (Wildman–Crippen LogP) is 3.00. The molecule has 12 nitrogen and oxygen atoms in total. The number of sulfonamides is 1. The number of hydrogen-bond donors (Lipinski definition) is 1. The molecular weight excluding hydrogens is 581 g/mol. The molecule has 42 heavy (non-hydrogen) atoms.